The minimum absolute atomic E-state index is 0.283. The van der Waals surface area contributed by atoms with Crippen LogP contribution < -0.4 is 0 Å². The summed E-state index contributed by atoms with van der Waals surface area (Å²) in [5.74, 6) is 4.16. The fraction of sp³-hybridized carbons (Fsp3) is 0.200. The van der Waals surface area contributed by atoms with Gasteiger partial charge in [-0.15, -0.1) is 27.0 Å². The van der Waals surface area contributed by atoms with Crippen LogP contribution in [0.15, 0.2) is 76.1 Å². The highest BCUT2D eigenvalue weighted by Crippen LogP contribution is 2.39. The smallest absolute Gasteiger partial charge is 0.200 e. The van der Waals surface area contributed by atoms with Gasteiger partial charge in [0.25, 0.3) is 0 Å². The van der Waals surface area contributed by atoms with Gasteiger partial charge < -0.3 is 4.42 Å². The quantitative estimate of drug-likeness (QED) is 0.322. The van der Waals surface area contributed by atoms with Crippen molar-refractivity contribution in [3.63, 3.8) is 0 Å². The molecule has 4 heterocycles. The highest BCUT2D eigenvalue weighted by molar-refractivity contribution is 8.00. The molecule has 0 aliphatic carbocycles. The lowest BCUT2D eigenvalue weighted by Gasteiger charge is -2.14. The van der Waals surface area contributed by atoms with Gasteiger partial charge in [-0.2, -0.15) is 0 Å². The molecule has 1 aliphatic rings. The number of benzene rings is 1. The van der Waals surface area contributed by atoms with Crippen molar-refractivity contribution in [2.24, 2.45) is 0 Å². The van der Waals surface area contributed by atoms with Crippen LogP contribution in [-0.4, -0.2) is 41.0 Å². The Bertz CT molecular complexity index is 1120. The van der Waals surface area contributed by atoms with E-state index in [1.54, 1.807) is 29.8 Å². The molecule has 4 aromatic rings. The highest BCUT2D eigenvalue weighted by atomic mass is 32.2. The fourth-order valence-corrected chi connectivity index (χ4v) is 5.56. The van der Waals surface area contributed by atoms with Crippen molar-refractivity contribution in [2.45, 2.75) is 22.9 Å². The van der Waals surface area contributed by atoms with E-state index in [0.717, 1.165) is 33.2 Å². The molecule has 146 valence electrons. The summed E-state index contributed by atoms with van der Waals surface area (Å²) in [6.07, 6.45) is 3.49. The normalized spacial score (nSPS) is 15.5. The third kappa shape index (κ3) is 3.40. The van der Waals surface area contributed by atoms with Crippen molar-refractivity contribution in [1.82, 2.24) is 29.5 Å². The number of furan rings is 1. The summed E-state index contributed by atoms with van der Waals surface area (Å²) in [7, 11) is 0. The molecule has 1 atom stereocenters. The van der Waals surface area contributed by atoms with Crippen LogP contribution in [-0.2, 0) is 6.54 Å². The Balaban J connectivity index is 1.39. The average Bonchev–Trinajstić information content (AvgIpc) is 3.52. The van der Waals surface area contributed by atoms with E-state index in [2.05, 4.69) is 43.7 Å². The first kappa shape index (κ1) is 18.3. The molecular weight excluding hydrogens is 404 g/mol. The van der Waals surface area contributed by atoms with Crippen molar-refractivity contribution in [3.05, 3.63) is 61.4 Å². The Morgan fingerprint density at radius 2 is 1.97 bits per heavy atom. The number of nitrogens with zero attached hydrogens (tertiary/aromatic N) is 6. The lowest BCUT2D eigenvalue weighted by atomic mass is 10.2. The first-order valence-corrected chi connectivity index (χ1v) is 11.2. The van der Waals surface area contributed by atoms with Gasteiger partial charge in [-0.1, -0.05) is 59.9 Å². The van der Waals surface area contributed by atoms with Gasteiger partial charge in [0.1, 0.15) is 0 Å². The zero-order valence-electron chi connectivity index (χ0n) is 15.5. The number of fused-ring (bicyclic) bond motifs is 1. The standard InChI is InChI=1S/C20H18N6OS2/c1-2-10-25-18(16-9-6-11-27-16)22-23-19(25)28-12-15-13-29-20-24-21-17(26(15)20)14-7-4-3-5-8-14/h2-9,11,15H,1,10,12-13H2/t15-/m1/s1. The predicted molar refractivity (Wildman–Crippen MR) is 114 cm³/mol. The molecule has 0 radical (unpaired) electrons. The molecule has 1 aromatic carbocycles. The van der Waals surface area contributed by atoms with Crippen LogP contribution in [0.2, 0.25) is 0 Å². The molecule has 29 heavy (non-hydrogen) atoms. The predicted octanol–water partition coefficient (Wildman–Crippen LogP) is 4.42. The Kier molecular flexibility index (Phi) is 4.99. The van der Waals surface area contributed by atoms with Gasteiger partial charge in [-0.3, -0.25) is 9.13 Å². The molecule has 0 unspecified atom stereocenters. The molecule has 0 fully saturated rings. The summed E-state index contributed by atoms with van der Waals surface area (Å²) in [4.78, 5) is 0. The maximum atomic E-state index is 5.51. The van der Waals surface area contributed by atoms with Gasteiger partial charge in [0.15, 0.2) is 21.9 Å². The Labute approximate surface area is 176 Å². The lowest BCUT2D eigenvalue weighted by molar-refractivity contribution is 0.569. The molecule has 3 aromatic heterocycles. The summed E-state index contributed by atoms with van der Waals surface area (Å²) >= 11 is 3.43. The van der Waals surface area contributed by atoms with Gasteiger partial charge in [-0.05, 0) is 12.1 Å². The van der Waals surface area contributed by atoms with E-state index < -0.39 is 0 Å². The highest BCUT2D eigenvalue weighted by Gasteiger charge is 2.29. The van der Waals surface area contributed by atoms with E-state index in [4.69, 9.17) is 4.42 Å². The maximum Gasteiger partial charge on any atom is 0.200 e. The van der Waals surface area contributed by atoms with Crippen LogP contribution >= 0.6 is 23.5 Å². The summed E-state index contributed by atoms with van der Waals surface area (Å²) in [6.45, 7) is 4.49. The minimum atomic E-state index is 0.283. The van der Waals surface area contributed by atoms with Gasteiger partial charge in [-0.25, -0.2) is 0 Å². The average molecular weight is 423 g/mol. The van der Waals surface area contributed by atoms with E-state index in [9.17, 15) is 0 Å². The topological polar surface area (TPSA) is 74.6 Å². The second-order valence-electron chi connectivity index (χ2n) is 6.50. The van der Waals surface area contributed by atoms with Crippen LogP contribution in [0.1, 0.15) is 6.04 Å². The van der Waals surface area contributed by atoms with Crippen LogP contribution in [0.25, 0.3) is 23.0 Å². The SMILES string of the molecule is C=CCn1c(SC[C@@H]2CSc3nnc(-c4ccccc4)n32)nnc1-c1ccco1. The van der Waals surface area contributed by atoms with Crippen molar-refractivity contribution in [1.29, 1.82) is 0 Å². The first-order valence-electron chi connectivity index (χ1n) is 9.19. The number of rotatable bonds is 7. The number of hydrogen-bond acceptors (Lipinski definition) is 7. The van der Waals surface area contributed by atoms with E-state index in [1.165, 1.54) is 0 Å². The largest absolute Gasteiger partial charge is 0.461 e. The molecular formula is C20H18N6OS2. The summed E-state index contributed by atoms with van der Waals surface area (Å²) in [5, 5.41) is 19.3. The van der Waals surface area contributed by atoms with Crippen molar-refractivity contribution in [3.8, 4) is 23.0 Å². The summed E-state index contributed by atoms with van der Waals surface area (Å²) in [6, 6.07) is 14.2. The van der Waals surface area contributed by atoms with E-state index in [-0.39, 0.29) is 6.04 Å². The molecule has 0 bridgehead atoms. The van der Waals surface area contributed by atoms with Crippen molar-refractivity contribution < 1.29 is 4.42 Å². The maximum absolute atomic E-state index is 5.51. The first-order chi connectivity index (χ1) is 14.3. The van der Waals surface area contributed by atoms with Gasteiger partial charge in [0, 0.05) is 23.6 Å². The Hall–Kier alpha value is -2.78. The third-order valence-corrected chi connectivity index (χ3v) is 6.84. The molecule has 5 rings (SSSR count). The molecule has 0 amide bonds. The number of thioether (sulfide) groups is 2. The van der Waals surface area contributed by atoms with Gasteiger partial charge >= 0.3 is 0 Å². The van der Waals surface area contributed by atoms with Crippen molar-refractivity contribution >= 4 is 23.5 Å². The van der Waals surface area contributed by atoms with E-state index in [0.29, 0.717) is 18.1 Å². The zero-order valence-corrected chi connectivity index (χ0v) is 17.1. The van der Waals surface area contributed by atoms with Crippen molar-refractivity contribution in [2.75, 3.05) is 11.5 Å². The Morgan fingerprint density at radius 1 is 1.10 bits per heavy atom. The molecule has 9 heteroatoms. The molecule has 0 N–H and O–H groups in total. The number of aromatic nitrogens is 6. The van der Waals surface area contributed by atoms with Gasteiger partial charge in [0.2, 0.25) is 5.82 Å². The molecule has 0 saturated carbocycles. The summed E-state index contributed by atoms with van der Waals surface area (Å²) in [5.41, 5.74) is 1.08. The Morgan fingerprint density at radius 3 is 2.76 bits per heavy atom. The van der Waals surface area contributed by atoms with Crippen LogP contribution in [0, 0.1) is 0 Å². The van der Waals surface area contributed by atoms with E-state index in [1.807, 2.05) is 41.0 Å². The second-order valence-corrected chi connectivity index (χ2v) is 8.48. The lowest BCUT2D eigenvalue weighted by Crippen LogP contribution is -2.12. The molecule has 0 spiro atoms. The van der Waals surface area contributed by atoms with Gasteiger partial charge in [0.05, 0.1) is 12.3 Å². The monoisotopic (exact) mass is 422 g/mol. The molecule has 1 aliphatic heterocycles. The minimum Gasteiger partial charge on any atom is -0.461 e. The van der Waals surface area contributed by atoms with Crippen LogP contribution in [0.5, 0.6) is 0 Å². The van der Waals surface area contributed by atoms with Crippen LogP contribution in [0.4, 0.5) is 0 Å². The van der Waals surface area contributed by atoms with E-state index >= 15 is 0 Å². The third-order valence-electron chi connectivity index (χ3n) is 4.64. The number of hydrogen-bond donors (Lipinski definition) is 0. The fourth-order valence-electron chi connectivity index (χ4n) is 3.30. The summed E-state index contributed by atoms with van der Waals surface area (Å²) < 4.78 is 9.78. The second kappa shape index (κ2) is 7.92. The molecule has 0 saturated heterocycles. The zero-order chi connectivity index (χ0) is 19.6. The van der Waals surface area contributed by atoms with Crippen LogP contribution in [0.3, 0.4) is 0 Å². The molecule has 7 nitrogen and oxygen atoms in total. The number of allylic oxidation sites excluding steroid dienone is 1.